The van der Waals surface area contributed by atoms with E-state index in [1.165, 1.54) is 0 Å². The van der Waals surface area contributed by atoms with Gasteiger partial charge in [-0.25, -0.2) is 4.99 Å². The molecule has 39 heavy (non-hydrogen) atoms. The molecule has 10 heteroatoms. The minimum absolute atomic E-state index is 0.0146. The summed E-state index contributed by atoms with van der Waals surface area (Å²) < 4.78 is 2.02. The lowest BCUT2D eigenvalue weighted by molar-refractivity contribution is -0.129. The quantitative estimate of drug-likeness (QED) is 0.378. The van der Waals surface area contributed by atoms with E-state index < -0.39 is 0 Å². The first-order valence-electron chi connectivity index (χ1n) is 14.1. The van der Waals surface area contributed by atoms with Gasteiger partial charge in [-0.15, -0.1) is 0 Å². The van der Waals surface area contributed by atoms with Gasteiger partial charge in [-0.1, -0.05) is 6.92 Å². The largest absolute Gasteiger partial charge is 0.494 e. The predicted octanol–water partition coefficient (Wildman–Crippen LogP) is 4.00. The molecule has 2 amide bonds. The standard InChI is InChI=1S/C29H39N7O3/c1-4-24(32-21-16-31-36(18-21)22-9-13-34(14-10-22)19(2)3)27-23-15-20(7-8-25(23)33-29(27)39)28(38)30-17-26(37)35-11-5-6-12-35/h7-8,15-16,18-19,22,33,39H,4-6,9-14,17H2,1-3H3,(H,30,38). The highest BCUT2D eigenvalue weighted by Crippen LogP contribution is 2.31. The molecule has 2 aliphatic rings. The Balaban J connectivity index is 1.34. The van der Waals surface area contributed by atoms with Gasteiger partial charge < -0.3 is 25.2 Å². The van der Waals surface area contributed by atoms with E-state index in [1.54, 1.807) is 29.3 Å². The van der Waals surface area contributed by atoms with Crippen molar-refractivity contribution in [2.24, 2.45) is 4.99 Å². The van der Waals surface area contributed by atoms with Crippen LogP contribution in [0.1, 0.15) is 74.8 Å². The Morgan fingerprint density at radius 3 is 2.62 bits per heavy atom. The summed E-state index contributed by atoms with van der Waals surface area (Å²) in [5.74, 6) is -0.370. The number of nitrogens with one attached hydrogen (secondary N) is 2. The normalized spacial score (nSPS) is 17.4. The minimum atomic E-state index is -0.323. The topological polar surface area (TPSA) is 119 Å². The first kappa shape index (κ1) is 26.9. The molecule has 0 saturated carbocycles. The maximum atomic E-state index is 12.9. The molecule has 10 nitrogen and oxygen atoms in total. The maximum absolute atomic E-state index is 12.9. The van der Waals surface area contributed by atoms with Gasteiger partial charge in [-0.3, -0.25) is 14.3 Å². The Labute approximate surface area is 229 Å². The van der Waals surface area contributed by atoms with Crippen LogP contribution in [-0.4, -0.2) is 86.0 Å². The Bertz CT molecular complexity index is 1360. The fraction of sp³-hybridized carbons (Fsp3) is 0.517. The number of likely N-dealkylation sites (tertiary alicyclic amines) is 2. The second-order valence-corrected chi connectivity index (χ2v) is 10.8. The molecule has 5 rings (SSSR count). The van der Waals surface area contributed by atoms with E-state index >= 15 is 0 Å². The van der Waals surface area contributed by atoms with Crippen molar-refractivity contribution >= 4 is 34.1 Å². The predicted molar refractivity (Wildman–Crippen MR) is 152 cm³/mol. The summed E-state index contributed by atoms with van der Waals surface area (Å²) in [4.78, 5) is 37.4. The van der Waals surface area contributed by atoms with Gasteiger partial charge in [0.1, 0.15) is 5.69 Å². The van der Waals surface area contributed by atoms with Crippen LogP contribution < -0.4 is 5.32 Å². The van der Waals surface area contributed by atoms with Crippen molar-refractivity contribution < 1.29 is 14.7 Å². The number of amides is 2. The molecule has 2 aliphatic heterocycles. The Hall–Kier alpha value is -3.66. The maximum Gasteiger partial charge on any atom is 0.251 e. The van der Waals surface area contributed by atoms with Gasteiger partial charge in [0.15, 0.2) is 5.88 Å². The molecule has 208 valence electrons. The SMILES string of the molecule is CCC(=Nc1cnn(C2CCN(C(C)C)CC2)c1)c1c(O)[nH]c2ccc(C(=O)NCC(=O)N3CCCC3)cc12. The van der Waals surface area contributed by atoms with Gasteiger partial charge in [-0.05, 0) is 64.2 Å². The number of aromatic hydroxyl groups is 1. The number of nitrogens with zero attached hydrogens (tertiary/aromatic N) is 5. The van der Waals surface area contributed by atoms with Crippen LogP contribution in [0.25, 0.3) is 10.9 Å². The number of hydrogen-bond acceptors (Lipinski definition) is 6. The molecule has 0 radical (unpaired) electrons. The van der Waals surface area contributed by atoms with E-state index in [9.17, 15) is 14.7 Å². The monoisotopic (exact) mass is 533 g/mol. The van der Waals surface area contributed by atoms with Crippen molar-refractivity contribution in [3.63, 3.8) is 0 Å². The number of aromatic amines is 1. The Morgan fingerprint density at radius 2 is 1.92 bits per heavy atom. The van der Waals surface area contributed by atoms with Crippen LogP contribution in [0, 0.1) is 0 Å². The average Bonchev–Trinajstić information content (AvgIpc) is 3.70. The van der Waals surface area contributed by atoms with Crippen molar-refractivity contribution in [2.75, 3.05) is 32.7 Å². The van der Waals surface area contributed by atoms with E-state index in [1.807, 2.05) is 17.8 Å². The minimum Gasteiger partial charge on any atom is -0.494 e. The number of H-pyrrole nitrogens is 1. The average molecular weight is 534 g/mol. The van der Waals surface area contributed by atoms with Crippen LogP contribution in [0.2, 0.25) is 0 Å². The van der Waals surface area contributed by atoms with E-state index in [2.05, 4.69) is 34.1 Å². The van der Waals surface area contributed by atoms with Crippen LogP contribution >= 0.6 is 0 Å². The summed E-state index contributed by atoms with van der Waals surface area (Å²) in [5.41, 5.74) is 3.15. The fourth-order valence-electron chi connectivity index (χ4n) is 5.67. The second-order valence-electron chi connectivity index (χ2n) is 10.8. The third kappa shape index (κ3) is 5.85. The summed E-state index contributed by atoms with van der Waals surface area (Å²) in [6, 6.07) is 6.12. The van der Waals surface area contributed by atoms with E-state index in [-0.39, 0.29) is 24.2 Å². The first-order valence-corrected chi connectivity index (χ1v) is 14.1. The van der Waals surface area contributed by atoms with Gasteiger partial charge in [0.05, 0.1) is 36.3 Å². The molecule has 0 aliphatic carbocycles. The summed E-state index contributed by atoms with van der Waals surface area (Å²) in [6.07, 6.45) is 8.47. The molecular weight excluding hydrogens is 494 g/mol. The molecule has 3 aromatic rings. The van der Waals surface area contributed by atoms with Crippen molar-refractivity contribution in [3.8, 4) is 5.88 Å². The zero-order valence-corrected chi connectivity index (χ0v) is 23.1. The molecule has 0 unspecified atom stereocenters. The lowest BCUT2D eigenvalue weighted by atomic mass is 10.0. The molecule has 4 heterocycles. The summed E-state index contributed by atoms with van der Waals surface area (Å²) in [5, 5.41) is 18.9. The van der Waals surface area contributed by atoms with Crippen molar-refractivity contribution in [2.45, 2.75) is 65.0 Å². The molecule has 2 fully saturated rings. The summed E-state index contributed by atoms with van der Waals surface area (Å²) >= 11 is 0. The highest BCUT2D eigenvalue weighted by molar-refractivity contribution is 6.14. The zero-order valence-electron chi connectivity index (χ0n) is 23.1. The van der Waals surface area contributed by atoms with Gasteiger partial charge in [0, 0.05) is 48.7 Å². The van der Waals surface area contributed by atoms with Crippen LogP contribution in [-0.2, 0) is 4.79 Å². The summed E-state index contributed by atoms with van der Waals surface area (Å²) in [7, 11) is 0. The number of benzene rings is 1. The third-order valence-corrected chi connectivity index (χ3v) is 7.98. The van der Waals surface area contributed by atoms with Gasteiger partial charge in [0.25, 0.3) is 5.91 Å². The van der Waals surface area contributed by atoms with Crippen LogP contribution in [0.15, 0.2) is 35.6 Å². The smallest absolute Gasteiger partial charge is 0.251 e. The van der Waals surface area contributed by atoms with Crippen molar-refractivity contribution in [1.82, 2.24) is 29.9 Å². The van der Waals surface area contributed by atoms with Gasteiger partial charge in [-0.2, -0.15) is 5.10 Å². The van der Waals surface area contributed by atoms with Crippen molar-refractivity contribution in [3.05, 3.63) is 41.7 Å². The van der Waals surface area contributed by atoms with E-state index in [0.29, 0.717) is 46.2 Å². The molecule has 0 bridgehead atoms. The van der Waals surface area contributed by atoms with Gasteiger partial charge in [0.2, 0.25) is 5.91 Å². The van der Waals surface area contributed by atoms with Crippen molar-refractivity contribution in [1.29, 1.82) is 0 Å². The molecule has 0 spiro atoms. The second kappa shape index (κ2) is 11.6. The van der Waals surface area contributed by atoms with Crippen LogP contribution in [0.3, 0.4) is 0 Å². The lowest BCUT2D eigenvalue weighted by Crippen LogP contribution is -2.39. The van der Waals surface area contributed by atoms with Gasteiger partial charge >= 0.3 is 0 Å². The van der Waals surface area contributed by atoms with Crippen LogP contribution in [0.5, 0.6) is 5.88 Å². The first-order chi connectivity index (χ1) is 18.8. The Kier molecular flexibility index (Phi) is 8.02. The van der Waals surface area contributed by atoms with Crippen LogP contribution in [0.4, 0.5) is 5.69 Å². The molecule has 2 saturated heterocycles. The number of aliphatic imine (C=N–C) groups is 1. The summed E-state index contributed by atoms with van der Waals surface area (Å²) in [6.45, 7) is 10.1. The number of carbonyl (C=O) groups is 2. The number of aromatic nitrogens is 3. The highest BCUT2D eigenvalue weighted by atomic mass is 16.3. The lowest BCUT2D eigenvalue weighted by Gasteiger charge is -2.34. The Morgan fingerprint density at radius 1 is 1.18 bits per heavy atom. The highest BCUT2D eigenvalue weighted by Gasteiger charge is 2.23. The van der Waals surface area contributed by atoms with E-state index in [0.717, 1.165) is 57.5 Å². The van der Waals surface area contributed by atoms with E-state index in [4.69, 9.17) is 4.99 Å². The molecule has 0 atom stereocenters. The number of piperidine rings is 1. The number of hydrogen-bond donors (Lipinski definition) is 3. The third-order valence-electron chi connectivity index (χ3n) is 7.98. The number of carbonyl (C=O) groups excluding carboxylic acids is 2. The molecular formula is C29H39N7O3. The molecule has 2 aromatic heterocycles. The number of fused-ring (bicyclic) bond motifs is 1. The zero-order chi connectivity index (χ0) is 27.5. The number of rotatable bonds is 8. The molecule has 1 aromatic carbocycles. The fourth-order valence-corrected chi connectivity index (χ4v) is 5.67. The molecule has 3 N–H and O–H groups in total.